The second-order valence-electron chi connectivity index (χ2n) is 5.34. The lowest BCUT2D eigenvalue weighted by Crippen LogP contribution is -2.62. The van der Waals surface area contributed by atoms with Crippen LogP contribution in [0.1, 0.15) is 31.2 Å². The van der Waals surface area contributed by atoms with Crippen molar-refractivity contribution in [3.63, 3.8) is 0 Å². The van der Waals surface area contributed by atoms with Crippen LogP contribution in [-0.4, -0.2) is 25.2 Å². The molecule has 0 aliphatic heterocycles. The van der Waals surface area contributed by atoms with Crippen molar-refractivity contribution in [1.29, 1.82) is 0 Å². The molecule has 1 fully saturated rings. The monoisotopic (exact) mass is 268 g/mol. The molecule has 0 saturated heterocycles. The van der Waals surface area contributed by atoms with E-state index in [1.165, 1.54) is 11.3 Å². The smallest absolute Gasteiger partial charge is 0.242 e. The van der Waals surface area contributed by atoms with Crippen molar-refractivity contribution in [1.82, 2.24) is 5.32 Å². The fraction of sp³-hybridized carbons (Fsp3) is 0.615. The average molecular weight is 268 g/mol. The highest BCUT2D eigenvalue weighted by Crippen LogP contribution is 2.42. The summed E-state index contributed by atoms with van der Waals surface area (Å²) in [5.74, 6) is -0.106. The van der Waals surface area contributed by atoms with E-state index in [0.717, 1.165) is 11.3 Å². The van der Waals surface area contributed by atoms with Crippen LogP contribution >= 0.6 is 11.3 Å². The van der Waals surface area contributed by atoms with E-state index in [2.05, 4.69) is 19.2 Å². The van der Waals surface area contributed by atoms with Crippen LogP contribution in [0.5, 0.6) is 0 Å². The number of carbonyl (C=O) groups excluding carboxylic acids is 1. The lowest BCUT2D eigenvalue weighted by molar-refractivity contribution is -0.133. The van der Waals surface area contributed by atoms with E-state index in [-0.39, 0.29) is 23.5 Å². The molecule has 5 heteroatoms. The fourth-order valence-electron chi connectivity index (χ4n) is 2.39. The van der Waals surface area contributed by atoms with Crippen LogP contribution in [0.3, 0.4) is 0 Å². The Bertz CT molecular complexity index is 417. The Morgan fingerprint density at radius 1 is 1.67 bits per heavy atom. The molecule has 0 aromatic carbocycles. The fourth-order valence-corrected chi connectivity index (χ4v) is 3.11. The maximum Gasteiger partial charge on any atom is 0.242 e. The molecule has 1 aliphatic rings. The topological polar surface area (TPSA) is 64.3 Å². The summed E-state index contributed by atoms with van der Waals surface area (Å²) in [7, 11) is 1.71. The van der Waals surface area contributed by atoms with Crippen LogP contribution in [0.2, 0.25) is 0 Å². The standard InChI is InChI=1S/C13H20N2O2S/c1-13(2)9(7-10(13)17-3)15-12(16)11(14)8-5-4-6-18-8/h4-6,9-11H,7,14H2,1-3H3,(H,15,16). The molecule has 0 spiro atoms. The second kappa shape index (κ2) is 4.99. The Balaban J connectivity index is 1.93. The maximum atomic E-state index is 12.1. The molecule has 1 aliphatic carbocycles. The highest BCUT2D eigenvalue weighted by atomic mass is 32.1. The Kier molecular flexibility index (Phi) is 3.75. The van der Waals surface area contributed by atoms with Gasteiger partial charge in [0.25, 0.3) is 0 Å². The van der Waals surface area contributed by atoms with E-state index in [4.69, 9.17) is 10.5 Å². The zero-order valence-electron chi connectivity index (χ0n) is 11.0. The van der Waals surface area contributed by atoms with Crippen LogP contribution in [-0.2, 0) is 9.53 Å². The van der Waals surface area contributed by atoms with Gasteiger partial charge in [-0.2, -0.15) is 0 Å². The molecule has 3 N–H and O–H groups in total. The number of methoxy groups -OCH3 is 1. The number of carbonyl (C=O) groups is 1. The van der Waals surface area contributed by atoms with Crippen molar-refractivity contribution < 1.29 is 9.53 Å². The number of ether oxygens (including phenoxy) is 1. The summed E-state index contributed by atoms with van der Waals surface area (Å²) in [6.07, 6.45) is 1.06. The summed E-state index contributed by atoms with van der Waals surface area (Å²) in [6.45, 7) is 4.21. The van der Waals surface area contributed by atoms with Crippen molar-refractivity contribution in [2.24, 2.45) is 11.1 Å². The van der Waals surface area contributed by atoms with Crippen molar-refractivity contribution in [2.75, 3.05) is 7.11 Å². The molecule has 100 valence electrons. The first-order valence-corrected chi connectivity index (χ1v) is 6.97. The molecule has 4 nitrogen and oxygen atoms in total. The normalized spacial score (nSPS) is 27.3. The van der Waals surface area contributed by atoms with E-state index in [1.807, 2.05) is 17.5 Å². The summed E-state index contributed by atoms with van der Waals surface area (Å²) in [5.41, 5.74) is 5.90. The molecule has 18 heavy (non-hydrogen) atoms. The predicted molar refractivity (Wildman–Crippen MR) is 72.4 cm³/mol. The van der Waals surface area contributed by atoms with Crippen molar-refractivity contribution in [3.8, 4) is 0 Å². The highest BCUT2D eigenvalue weighted by molar-refractivity contribution is 7.10. The molecule has 1 saturated carbocycles. The number of thiophene rings is 1. The molecule has 2 rings (SSSR count). The number of nitrogens with one attached hydrogen (secondary N) is 1. The van der Waals surface area contributed by atoms with Gasteiger partial charge in [0.15, 0.2) is 0 Å². The molecule has 1 aromatic rings. The first kappa shape index (κ1) is 13.5. The van der Waals surface area contributed by atoms with Gasteiger partial charge < -0.3 is 15.8 Å². The van der Waals surface area contributed by atoms with Crippen molar-refractivity contribution in [2.45, 2.75) is 38.5 Å². The number of hydrogen-bond donors (Lipinski definition) is 2. The molecule has 1 aromatic heterocycles. The lowest BCUT2D eigenvalue weighted by atomic mass is 9.64. The van der Waals surface area contributed by atoms with E-state index < -0.39 is 6.04 Å². The Labute approximate surface area is 112 Å². The summed E-state index contributed by atoms with van der Waals surface area (Å²) < 4.78 is 5.37. The van der Waals surface area contributed by atoms with Crippen molar-refractivity contribution >= 4 is 17.2 Å². The van der Waals surface area contributed by atoms with Gasteiger partial charge in [0, 0.05) is 23.4 Å². The molecule has 1 heterocycles. The number of amides is 1. The van der Waals surface area contributed by atoms with Gasteiger partial charge in [-0.3, -0.25) is 4.79 Å². The highest BCUT2D eigenvalue weighted by Gasteiger charge is 2.49. The van der Waals surface area contributed by atoms with Gasteiger partial charge in [0.1, 0.15) is 6.04 Å². The van der Waals surface area contributed by atoms with E-state index in [9.17, 15) is 4.79 Å². The summed E-state index contributed by atoms with van der Waals surface area (Å²) in [6, 6.07) is 3.36. The van der Waals surface area contributed by atoms with E-state index >= 15 is 0 Å². The number of nitrogens with two attached hydrogens (primary N) is 1. The molecule has 1 amide bonds. The van der Waals surface area contributed by atoms with Crippen LogP contribution in [0.15, 0.2) is 17.5 Å². The van der Waals surface area contributed by atoms with E-state index in [0.29, 0.717) is 0 Å². The predicted octanol–water partition coefficient (Wildman–Crippen LogP) is 1.68. The minimum atomic E-state index is -0.567. The SMILES string of the molecule is COC1CC(NC(=O)C(N)c2cccs2)C1(C)C. The first-order chi connectivity index (χ1) is 8.46. The van der Waals surface area contributed by atoms with Gasteiger partial charge >= 0.3 is 0 Å². The van der Waals surface area contributed by atoms with Crippen LogP contribution in [0.25, 0.3) is 0 Å². The van der Waals surface area contributed by atoms with Crippen LogP contribution in [0.4, 0.5) is 0 Å². The Morgan fingerprint density at radius 2 is 2.39 bits per heavy atom. The third kappa shape index (κ3) is 2.30. The first-order valence-electron chi connectivity index (χ1n) is 6.09. The largest absolute Gasteiger partial charge is 0.381 e. The molecular weight excluding hydrogens is 248 g/mol. The zero-order valence-corrected chi connectivity index (χ0v) is 11.8. The second-order valence-corrected chi connectivity index (χ2v) is 6.31. The van der Waals surface area contributed by atoms with E-state index in [1.54, 1.807) is 7.11 Å². The molecule has 3 atom stereocenters. The third-order valence-electron chi connectivity index (χ3n) is 3.91. The average Bonchev–Trinajstić information content (AvgIpc) is 2.86. The van der Waals surface area contributed by atoms with Gasteiger partial charge in [0.05, 0.1) is 6.10 Å². The van der Waals surface area contributed by atoms with Gasteiger partial charge in [-0.05, 0) is 17.9 Å². The zero-order chi connectivity index (χ0) is 13.3. The number of rotatable bonds is 4. The Morgan fingerprint density at radius 3 is 2.89 bits per heavy atom. The minimum Gasteiger partial charge on any atom is -0.381 e. The summed E-state index contributed by atoms with van der Waals surface area (Å²) in [5, 5.41) is 4.95. The molecule has 3 unspecified atom stereocenters. The molecular formula is C13H20N2O2S. The van der Waals surface area contributed by atoms with Crippen molar-refractivity contribution in [3.05, 3.63) is 22.4 Å². The van der Waals surface area contributed by atoms with Gasteiger partial charge in [0.2, 0.25) is 5.91 Å². The molecule has 0 bridgehead atoms. The Hall–Kier alpha value is -0.910. The van der Waals surface area contributed by atoms with Gasteiger partial charge in [-0.1, -0.05) is 19.9 Å². The van der Waals surface area contributed by atoms with Crippen LogP contribution < -0.4 is 11.1 Å². The quantitative estimate of drug-likeness (QED) is 0.873. The van der Waals surface area contributed by atoms with Crippen LogP contribution in [0, 0.1) is 5.41 Å². The summed E-state index contributed by atoms with van der Waals surface area (Å²) >= 11 is 1.51. The van der Waals surface area contributed by atoms with Gasteiger partial charge in [-0.15, -0.1) is 11.3 Å². The third-order valence-corrected chi connectivity index (χ3v) is 4.87. The molecule has 0 radical (unpaired) electrons. The minimum absolute atomic E-state index is 0.0282. The number of hydrogen-bond acceptors (Lipinski definition) is 4. The lowest BCUT2D eigenvalue weighted by Gasteiger charge is -2.51. The van der Waals surface area contributed by atoms with Gasteiger partial charge in [-0.25, -0.2) is 0 Å². The maximum absolute atomic E-state index is 12.1. The summed E-state index contributed by atoms with van der Waals surface area (Å²) in [4.78, 5) is 13.0.